The van der Waals surface area contributed by atoms with E-state index in [9.17, 15) is 14.8 Å². The van der Waals surface area contributed by atoms with Gasteiger partial charge in [-0.3, -0.25) is 0 Å². The van der Waals surface area contributed by atoms with E-state index in [-0.39, 0.29) is 6.61 Å². The highest BCUT2D eigenvalue weighted by atomic mass is 31.2. The fourth-order valence-electron chi connectivity index (χ4n) is 2.98. The third-order valence-electron chi connectivity index (χ3n) is 4.23. The summed E-state index contributed by atoms with van der Waals surface area (Å²) in [6.45, 7) is 1.69. The quantitative estimate of drug-likeness (QED) is 0.731. The third kappa shape index (κ3) is 3.92. The van der Waals surface area contributed by atoms with Gasteiger partial charge in [-0.15, -0.1) is 0 Å². The molecule has 2 N–H and O–H groups in total. The Morgan fingerprint density at radius 3 is 1.83 bits per heavy atom. The van der Waals surface area contributed by atoms with E-state index < -0.39 is 18.9 Å². The fraction of sp³-hybridized carbons (Fsp3) is 0.368. The Bertz CT molecular complexity index is 584. The molecule has 0 unspecified atom stereocenters. The van der Waals surface area contributed by atoms with Crippen LogP contribution in [0.25, 0.3) is 0 Å². The molecule has 2 aromatic rings. The summed E-state index contributed by atoms with van der Waals surface area (Å²) >= 11 is 0. The van der Waals surface area contributed by atoms with Crippen LogP contribution in [0.2, 0.25) is 0 Å². The largest absolute Gasteiger partial charge is 0.394 e. The van der Waals surface area contributed by atoms with E-state index in [0.29, 0.717) is 6.42 Å². The zero-order chi connectivity index (χ0) is 16.7. The van der Waals surface area contributed by atoms with Crippen molar-refractivity contribution in [1.29, 1.82) is 0 Å². The minimum atomic E-state index is -3.05. The SMILES string of the molecule is CCCC[C@H]([C@@H](O)CO)P(=O)(c1ccccc1)c1ccccc1. The summed E-state index contributed by atoms with van der Waals surface area (Å²) in [6.07, 6.45) is 1.45. The lowest BCUT2D eigenvalue weighted by Crippen LogP contribution is -2.36. The Labute approximate surface area is 138 Å². The van der Waals surface area contributed by atoms with E-state index in [0.717, 1.165) is 23.5 Å². The Hall–Kier alpha value is -1.41. The van der Waals surface area contributed by atoms with Crippen LogP contribution in [0.1, 0.15) is 26.2 Å². The van der Waals surface area contributed by atoms with Gasteiger partial charge in [-0.25, -0.2) is 0 Å². The summed E-state index contributed by atoms with van der Waals surface area (Å²) in [6, 6.07) is 18.7. The van der Waals surface area contributed by atoms with Gasteiger partial charge in [0.05, 0.1) is 12.7 Å². The number of rotatable bonds is 8. The summed E-state index contributed by atoms with van der Waals surface area (Å²) in [7, 11) is -3.05. The van der Waals surface area contributed by atoms with E-state index >= 15 is 0 Å². The number of hydrogen-bond acceptors (Lipinski definition) is 3. The van der Waals surface area contributed by atoms with Crippen LogP contribution < -0.4 is 10.6 Å². The average molecular weight is 332 g/mol. The van der Waals surface area contributed by atoms with Gasteiger partial charge < -0.3 is 14.8 Å². The lowest BCUT2D eigenvalue weighted by molar-refractivity contribution is 0.0886. The predicted molar refractivity (Wildman–Crippen MR) is 96.2 cm³/mol. The zero-order valence-electron chi connectivity index (χ0n) is 13.5. The number of benzene rings is 2. The van der Waals surface area contributed by atoms with Crippen LogP contribution in [0.3, 0.4) is 0 Å². The van der Waals surface area contributed by atoms with Crippen molar-refractivity contribution >= 4 is 17.8 Å². The normalized spacial score (nSPS) is 14.4. The van der Waals surface area contributed by atoms with Crippen molar-refractivity contribution in [2.75, 3.05) is 6.61 Å². The maximum atomic E-state index is 14.2. The lowest BCUT2D eigenvalue weighted by atomic mass is 10.1. The second kappa shape index (κ2) is 8.44. The minimum Gasteiger partial charge on any atom is -0.394 e. The minimum absolute atomic E-state index is 0.377. The third-order valence-corrected chi connectivity index (χ3v) is 7.90. The maximum Gasteiger partial charge on any atom is 0.148 e. The Balaban J connectivity index is 2.58. The number of aliphatic hydroxyl groups excluding tert-OH is 2. The van der Waals surface area contributed by atoms with E-state index in [1.165, 1.54) is 0 Å². The molecule has 3 nitrogen and oxygen atoms in total. The highest BCUT2D eigenvalue weighted by Gasteiger charge is 2.40. The van der Waals surface area contributed by atoms with Crippen LogP contribution >= 0.6 is 7.14 Å². The van der Waals surface area contributed by atoms with Crippen molar-refractivity contribution in [2.24, 2.45) is 0 Å². The van der Waals surface area contributed by atoms with Crippen molar-refractivity contribution < 1.29 is 14.8 Å². The molecule has 0 fully saturated rings. The molecule has 2 atom stereocenters. The molecular weight excluding hydrogens is 307 g/mol. The monoisotopic (exact) mass is 332 g/mol. The van der Waals surface area contributed by atoms with Crippen molar-refractivity contribution in [1.82, 2.24) is 0 Å². The van der Waals surface area contributed by atoms with E-state index in [1.54, 1.807) is 0 Å². The molecule has 0 radical (unpaired) electrons. The van der Waals surface area contributed by atoms with Crippen molar-refractivity contribution in [2.45, 2.75) is 37.9 Å². The van der Waals surface area contributed by atoms with E-state index in [4.69, 9.17) is 0 Å². The Morgan fingerprint density at radius 2 is 1.43 bits per heavy atom. The Kier molecular flexibility index (Phi) is 6.59. The Morgan fingerprint density at radius 1 is 0.957 bits per heavy atom. The highest BCUT2D eigenvalue weighted by Crippen LogP contribution is 2.51. The molecule has 0 aliphatic rings. The number of hydrogen-bond donors (Lipinski definition) is 2. The van der Waals surface area contributed by atoms with Crippen LogP contribution in [-0.2, 0) is 4.57 Å². The molecule has 0 saturated carbocycles. The van der Waals surface area contributed by atoms with Crippen LogP contribution in [0, 0.1) is 0 Å². The summed E-state index contributed by atoms with van der Waals surface area (Å²) < 4.78 is 14.2. The van der Waals surface area contributed by atoms with E-state index in [2.05, 4.69) is 6.92 Å². The summed E-state index contributed by atoms with van der Waals surface area (Å²) in [5.41, 5.74) is -0.475. The first-order valence-corrected chi connectivity index (χ1v) is 9.92. The van der Waals surface area contributed by atoms with Crippen LogP contribution in [0.5, 0.6) is 0 Å². The molecule has 0 spiro atoms. The van der Waals surface area contributed by atoms with Crippen molar-refractivity contribution in [3.8, 4) is 0 Å². The predicted octanol–water partition coefficient (Wildman–Crippen LogP) is 2.91. The van der Waals surface area contributed by atoms with E-state index in [1.807, 2.05) is 60.7 Å². The van der Waals surface area contributed by atoms with Gasteiger partial charge >= 0.3 is 0 Å². The molecule has 0 bridgehead atoms. The first-order chi connectivity index (χ1) is 11.1. The van der Waals surface area contributed by atoms with Gasteiger partial charge in [0.2, 0.25) is 0 Å². The highest BCUT2D eigenvalue weighted by molar-refractivity contribution is 7.79. The van der Waals surface area contributed by atoms with Crippen molar-refractivity contribution in [3.63, 3.8) is 0 Å². The van der Waals surface area contributed by atoms with Gasteiger partial charge in [0.25, 0.3) is 0 Å². The molecule has 0 amide bonds. The molecule has 0 saturated heterocycles. The molecule has 0 heterocycles. The van der Waals surface area contributed by atoms with Gasteiger partial charge in [-0.2, -0.15) is 0 Å². The number of unbranched alkanes of at least 4 members (excludes halogenated alkanes) is 1. The zero-order valence-corrected chi connectivity index (χ0v) is 14.4. The van der Waals surface area contributed by atoms with Gasteiger partial charge in [0.15, 0.2) is 0 Å². The van der Waals surface area contributed by atoms with Crippen LogP contribution in [0.15, 0.2) is 60.7 Å². The molecule has 0 aliphatic heterocycles. The molecular formula is C19H25O3P. The molecule has 0 aliphatic carbocycles. The summed E-state index contributed by atoms with van der Waals surface area (Å²) in [5, 5.41) is 21.3. The van der Waals surface area contributed by atoms with Crippen molar-refractivity contribution in [3.05, 3.63) is 60.7 Å². The fourth-order valence-corrected chi connectivity index (χ4v) is 6.40. The second-order valence-corrected chi connectivity index (χ2v) is 8.80. The lowest BCUT2D eigenvalue weighted by Gasteiger charge is -2.31. The topological polar surface area (TPSA) is 57.5 Å². The maximum absolute atomic E-state index is 14.2. The summed E-state index contributed by atoms with van der Waals surface area (Å²) in [5.74, 6) is 0. The van der Waals surface area contributed by atoms with Gasteiger partial charge in [-0.1, -0.05) is 80.4 Å². The molecule has 4 heteroatoms. The molecule has 2 rings (SSSR count). The average Bonchev–Trinajstić information content (AvgIpc) is 2.62. The van der Waals surface area contributed by atoms with Gasteiger partial charge in [0, 0.05) is 16.3 Å². The molecule has 124 valence electrons. The molecule has 23 heavy (non-hydrogen) atoms. The van der Waals surface area contributed by atoms with Crippen LogP contribution in [0.4, 0.5) is 0 Å². The smallest absolute Gasteiger partial charge is 0.148 e. The first-order valence-electron chi connectivity index (χ1n) is 8.14. The van der Waals surface area contributed by atoms with Gasteiger partial charge in [0.1, 0.15) is 7.14 Å². The van der Waals surface area contributed by atoms with Crippen LogP contribution in [-0.4, -0.2) is 28.6 Å². The second-order valence-electron chi connectivity index (χ2n) is 5.79. The standard InChI is InChI=1S/C19H25O3P/c1-2-3-14-19(18(21)15-20)23(22,16-10-6-4-7-11-16)17-12-8-5-9-13-17/h4-13,18-21H,2-3,14-15H2,1H3/t18-,19+/m0/s1. The summed E-state index contributed by atoms with van der Waals surface area (Å²) in [4.78, 5) is 0. The molecule has 0 aromatic heterocycles. The first kappa shape index (κ1) is 17.9. The van der Waals surface area contributed by atoms with Gasteiger partial charge in [-0.05, 0) is 6.42 Å². The number of aliphatic hydroxyl groups is 2. The molecule has 2 aromatic carbocycles.